The van der Waals surface area contributed by atoms with E-state index in [1.165, 1.54) is 37.5 Å². The van der Waals surface area contributed by atoms with E-state index in [1.807, 2.05) is 6.92 Å². The van der Waals surface area contributed by atoms with Crippen LogP contribution in [0, 0.1) is 19.7 Å². The second-order valence-corrected chi connectivity index (χ2v) is 6.04. The van der Waals surface area contributed by atoms with Crippen molar-refractivity contribution in [3.63, 3.8) is 0 Å². The van der Waals surface area contributed by atoms with Gasteiger partial charge in [-0.05, 0) is 45.0 Å². The summed E-state index contributed by atoms with van der Waals surface area (Å²) in [6.45, 7) is 5.05. The number of ether oxygens (including phenoxy) is 1. The Hall–Kier alpha value is -3.36. The van der Waals surface area contributed by atoms with Crippen LogP contribution in [0.4, 0.5) is 10.1 Å². The van der Waals surface area contributed by atoms with Gasteiger partial charge in [0.05, 0.1) is 6.42 Å². The molecule has 0 unspecified atom stereocenters. The molecule has 140 valence electrons. The number of carbonyl (C=O) groups excluding carboxylic acids is 2. The normalized spacial score (nSPS) is 12.0. The molecule has 0 fully saturated rings. The Morgan fingerprint density at radius 2 is 1.96 bits per heavy atom. The summed E-state index contributed by atoms with van der Waals surface area (Å²) in [6.07, 6.45) is 0.333. The molecule has 3 rings (SSSR count). The lowest BCUT2D eigenvalue weighted by molar-refractivity contribution is -0.152. The minimum atomic E-state index is -1.01. The first-order valence-corrected chi connectivity index (χ1v) is 8.27. The van der Waals surface area contributed by atoms with Crippen molar-refractivity contribution in [2.24, 2.45) is 0 Å². The van der Waals surface area contributed by atoms with Crippen molar-refractivity contribution in [3.8, 4) is 0 Å². The van der Waals surface area contributed by atoms with Crippen LogP contribution in [0.1, 0.15) is 23.9 Å². The number of hydrogen-bond acceptors (Lipinski definition) is 6. The third-order valence-electron chi connectivity index (χ3n) is 4.10. The highest BCUT2D eigenvalue weighted by Gasteiger charge is 2.20. The van der Waals surface area contributed by atoms with E-state index in [0.717, 1.165) is 5.69 Å². The van der Waals surface area contributed by atoms with E-state index in [1.54, 1.807) is 11.4 Å². The molecule has 1 N–H and O–H groups in total. The molecule has 2 aromatic heterocycles. The molecule has 8 nitrogen and oxygen atoms in total. The van der Waals surface area contributed by atoms with Crippen LogP contribution in [0.15, 0.2) is 30.6 Å². The smallest absolute Gasteiger partial charge is 0.311 e. The van der Waals surface area contributed by atoms with Gasteiger partial charge in [-0.25, -0.2) is 13.9 Å². The summed E-state index contributed by atoms with van der Waals surface area (Å²) in [5.41, 5.74) is 2.46. The maximum atomic E-state index is 12.9. The summed E-state index contributed by atoms with van der Waals surface area (Å²) in [4.78, 5) is 32.7. The van der Waals surface area contributed by atoms with Crippen molar-refractivity contribution in [3.05, 3.63) is 53.4 Å². The highest BCUT2D eigenvalue weighted by atomic mass is 19.1. The van der Waals surface area contributed by atoms with E-state index in [4.69, 9.17) is 4.74 Å². The summed E-state index contributed by atoms with van der Waals surface area (Å²) in [5.74, 6) is -1.03. The Bertz CT molecular complexity index is 1000. The lowest BCUT2D eigenvalue weighted by atomic mass is 10.1. The van der Waals surface area contributed by atoms with Crippen LogP contribution in [-0.2, 0) is 20.7 Å². The molecule has 0 aliphatic rings. The highest BCUT2D eigenvalue weighted by molar-refractivity contribution is 5.95. The van der Waals surface area contributed by atoms with Crippen molar-refractivity contribution in [1.82, 2.24) is 19.6 Å². The number of anilines is 1. The first-order chi connectivity index (χ1) is 12.8. The topological polar surface area (TPSA) is 98.5 Å². The molecule has 2 heterocycles. The third kappa shape index (κ3) is 4.08. The molecule has 0 saturated carbocycles. The van der Waals surface area contributed by atoms with E-state index in [-0.39, 0.29) is 6.42 Å². The molecule has 3 aromatic rings. The van der Waals surface area contributed by atoms with Gasteiger partial charge in [-0.1, -0.05) is 0 Å². The summed E-state index contributed by atoms with van der Waals surface area (Å²) >= 11 is 0. The van der Waals surface area contributed by atoms with E-state index in [0.29, 0.717) is 22.7 Å². The fraction of sp³-hybridized carbons (Fsp3) is 0.278. The second-order valence-electron chi connectivity index (χ2n) is 6.04. The summed E-state index contributed by atoms with van der Waals surface area (Å²) < 4.78 is 19.7. The number of amides is 1. The minimum Gasteiger partial charge on any atom is -0.452 e. The quantitative estimate of drug-likeness (QED) is 0.689. The second kappa shape index (κ2) is 7.48. The predicted molar refractivity (Wildman–Crippen MR) is 94.5 cm³/mol. The summed E-state index contributed by atoms with van der Waals surface area (Å²) in [6, 6.07) is 5.30. The molecule has 1 amide bonds. The fourth-order valence-corrected chi connectivity index (χ4v) is 2.63. The molecule has 0 spiro atoms. The number of aryl methyl sites for hydroxylation is 2. The average Bonchev–Trinajstić information content (AvgIpc) is 3.09. The van der Waals surface area contributed by atoms with E-state index in [9.17, 15) is 14.0 Å². The Balaban J connectivity index is 1.65. The first kappa shape index (κ1) is 18.4. The summed E-state index contributed by atoms with van der Waals surface area (Å²) in [7, 11) is 0. The zero-order valence-corrected chi connectivity index (χ0v) is 15.1. The zero-order chi connectivity index (χ0) is 19.6. The number of hydrogen-bond donors (Lipinski definition) is 1. The predicted octanol–water partition coefficient (Wildman–Crippen LogP) is 1.99. The third-order valence-corrected chi connectivity index (χ3v) is 4.10. The highest BCUT2D eigenvalue weighted by Crippen LogP contribution is 2.15. The van der Waals surface area contributed by atoms with E-state index < -0.39 is 23.8 Å². The Kier molecular flexibility index (Phi) is 5.11. The lowest BCUT2D eigenvalue weighted by Gasteiger charge is -2.15. The molecule has 0 aliphatic carbocycles. The van der Waals surface area contributed by atoms with Gasteiger partial charge in [0.15, 0.2) is 6.10 Å². The molecular weight excluding hydrogens is 353 g/mol. The minimum absolute atomic E-state index is 0.0470. The van der Waals surface area contributed by atoms with E-state index in [2.05, 4.69) is 20.4 Å². The van der Waals surface area contributed by atoms with Gasteiger partial charge < -0.3 is 10.1 Å². The van der Waals surface area contributed by atoms with Gasteiger partial charge in [0.2, 0.25) is 0 Å². The Labute approximate surface area is 154 Å². The van der Waals surface area contributed by atoms with Gasteiger partial charge in [-0.2, -0.15) is 10.1 Å². The van der Waals surface area contributed by atoms with Crippen LogP contribution in [-0.4, -0.2) is 37.6 Å². The van der Waals surface area contributed by atoms with Crippen LogP contribution >= 0.6 is 0 Å². The van der Waals surface area contributed by atoms with Gasteiger partial charge in [-0.3, -0.25) is 9.59 Å². The average molecular weight is 371 g/mol. The Morgan fingerprint density at radius 1 is 1.26 bits per heavy atom. The molecule has 0 saturated heterocycles. The molecule has 0 bridgehead atoms. The largest absolute Gasteiger partial charge is 0.452 e. The number of carbonyl (C=O) groups is 2. The zero-order valence-electron chi connectivity index (χ0n) is 15.1. The molecular formula is C18H18FN5O3. The van der Waals surface area contributed by atoms with Crippen molar-refractivity contribution in [2.75, 3.05) is 5.32 Å². The molecule has 1 aromatic carbocycles. The van der Waals surface area contributed by atoms with Crippen LogP contribution in [0.2, 0.25) is 0 Å². The van der Waals surface area contributed by atoms with Crippen LogP contribution in [0.3, 0.4) is 0 Å². The first-order valence-electron chi connectivity index (χ1n) is 8.27. The van der Waals surface area contributed by atoms with Gasteiger partial charge >= 0.3 is 5.97 Å². The van der Waals surface area contributed by atoms with Crippen molar-refractivity contribution < 1.29 is 18.7 Å². The maximum absolute atomic E-state index is 12.9. The van der Waals surface area contributed by atoms with E-state index >= 15 is 0 Å². The van der Waals surface area contributed by atoms with Crippen molar-refractivity contribution in [2.45, 2.75) is 33.3 Å². The number of nitrogens with zero attached hydrogens (tertiary/aromatic N) is 4. The van der Waals surface area contributed by atoms with Crippen molar-refractivity contribution >= 4 is 23.3 Å². The molecule has 0 radical (unpaired) electrons. The van der Waals surface area contributed by atoms with Crippen LogP contribution in [0.25, 0.3) is 5.78 Å². The molecule has 0 aliphatic heterocycles. The monoisotopic (exact) mass is 371 g/mol. The number of benzene rings is 1. The van der Waals surface area contributed by atoms with Crippen LogP contribution in [0.5, 0.6) is 0 Å². The Morgan fingerprint density at radius 3 is 2.67 bits per heavy atom. The number of halogens is 1. The lowest BCUT2D eigenvalue weighted by Crippen LogP contribution is -2.30. The number of aromatic nitrogens is 4. The number of nitrogens with one attached hydrogen (secondary N) is 1. The number of esters is 1. The standard InChI is InChI=1S/C18H18FN5O3/c1-10-15(11(2)24-18(22-10)20-9-21-24)8-16(25)27-12(3)17(26)23-14-6-4-13(19)5-7-14/h4-7,9,12H,8H2,1-3H3,(H,23,26)/t12-/m1/s1. The van der Waals surface area contributed by atoms with Gasteiger partial charge in [-0.15, -0.1) is 0 Å². The van der Waals surface area contributed by atoms with Gasteiger partial charge in [0.25, 0.3) is 11.7 Å². The molecule has 1 atom stereocenters. The number of rotatable bonds is 5. The molecule has 9 heteroatoms. The fourth-order valence-electron chi connectivity index (χ4n) is 2.63. The van der Waals surface area contributed by atoms with Crippen LogP contribution < -0.4 is 5.32 Å². The van der Waals surface area contributed by atoms with Gasteiger partial charge in [0.1, 0.15) is 12.1 Å². The SMILES string of the molecule is Cc1nc2ncnn2c(C)c1CC(=O)O[C@H](C)C(=O)Nc1ccc(F)cc1. The maximum Gasteiger partial charge on any atom is 0.311 e. The number of fused-ring (bicyclic) bond motifs is 1. The van der Waals surface area contributed by atoms with Crippen molar-refractivity contribution in [1.29, 1.82) is 0 Å². The van der Waals surface area contributed by atoms with Gasteiger partial charge in [0, 0.05) is 22.6 Å². The molecule has 27 heavy (non-hydrogen) atoms. The summed E-state index contributed by atoms with van der Waals surface area (Å²) in [5, 5.41) is 6.63.